The van der Waals surface area contributed by atoms with Crippen LogP contribution in [-0.4, -0.2) is 49.9 Å². The highest BCUT2D eigenvalue weighted by Gasteiger charge is 2.24. The molecule has 1 aliphatic carbocycles. The highest BCUT2D eigenvalue weighted by atomic mass is 35.5. The van der Waals surface area contributed by atoms with Crippen molar-refractivity contribution in [2.45, 2.75) is 57.2 Å². The van der Waals surface area contributed by atoms with Gasteiger partial charge in [-0.2, -0.15) is 0 Å². The Bertz CT molecular complexity index is 521. The Hall–Kier alpha value is -0.810. The summed E-state index contributed by atoms with van der Waals surface area (Å²) >= 11 is 0. The van der Waals surface area contributed by atoms with Crippen LogP contribution in [0.1, 0.15) is 44.1 Å². The maximum absolute atomic E-state index is 5.85. The Morgan fingerprint density at radius 3 is 2.46 bits per heavy atom. The fourth-order valence-corrected chi connectivity index (χ4v) is 3.86. The minimum absolute atomic E-state index is 0. The predicted molar refractivity (Wildman–Crippen MR) is 107 cm³/mol. The fraction of sp³-hybridized carbons (Fsp3) is 0.714. The molecule has 1 aromatic rings. The summed E-state index contributed by atoms with van der Waals surface area (Å²) in [5, 5.41) is 3.76. The smallest absolute Gasteiger partial charge is 0.119 e. The van der Waals surface area contributed by atoms with Crippen molar-refractivity contribution >= 4 is 12.4 Å². The second-order valence-electron chi connectivity index (χ2n) is 7.99. The molecule has 2 heterocycles. The molecule has 0 amide bonds. The van der Waals surface area contributed by atoms with Gasteiger partial charge in [0.2, 0.25) is 0 Å². The molecular weight excluding hydrogens is 348 g/mol. The summed E-state index contributed by atoms with van der Waals surface area (Å²) in [4.78, 5) is 2.58. The fourth-order valence-electron chi connectivity index (χ4n) is 3.86. The van der Waals surface area contributed by atoms with E-state index >= 15 is 0 Å². The molecule has 3 aliphatic rings. The average Bonchev–Trinajstić information content (AvgIpc) is 3.34. The van der Waals surface area contributed by atoms with Gasteiger partial charge in [-0.15, -0.1) is 12.4 Å². The predicted octanol–water partition coefficient (Wildman–Crippen LogP) is 3.63. The van der Waals surface area contributed by atoms with Gasteiger partial charge in [-0.3, -0.25) is 4.90 Å². The molecule has 1 aromatic carbocycles. The van der Waals surface area contributed by atoms with Gasteiger partial charge in [-0.1, -0.05) is 12.1 Å². The topological polar surface area (TPSA) is 33.7 Å². The van der Waals surface area contributed by atoms with E-state index in [9.17, 15) is 0 Å². The standard InChI is InChI=1S/C21H32N2O2.ClH/c1-2-21(24-13-1)16-25-20-7-5-18(6-8-20)15-23-11-9-19(10-12-23)22-14-17-3-4-17;/h5-8,17,19,21-22H,1-4,9-16H2;1H. The van der Waals surface area contributed by atoms with Crippen molar-refractivity contribution in [3.63, 3.8) is 0 Å². The highest BCUT2D eigenvalue weighted by Crippen LogP contribution is 2.28. The van der Waals surface area contributed by atoms with Crippen molar-refractivity contribution in [1.29, 1.82) is 0 Å². The van der Waals surface area contributed by atoms with Crippen LogP contribution in [0.15, 0.2) is 24.3 Å². The van der Waals surface area contributed by atoms with Gasteiger partial charge >= 0.3 is 0 Å². The normalized spacial score (nSPS) is 24.4. The number of halogens is 1. The molecule has 1 N–H and O–H groups in total. The minimum atomic E-state index is 0. The van der Waals surface area contributed by atoms with E-state index in [1.54, 1.807) is 0 Å². The van der Waals surface area contributed by atoms with Crippen molar-refractivity contribution in [3.05, 3.63) is 29.8 Å². The monoisotopic (exact) mass is 380 g/mol. The zero-order valence-electron chi connectivity index (χ0n) is 15.7. The van der Waals surface area contributed by atoms with Gasteiger partial charge < -0.3 is 14.8 Å². The number of rotatable bonds is 8. The van der Waals surface area contributed by atoms with Crippen molar-refractivity contribution in [3.8, 4) is 5.75 Å². The van der Waals surface area contributed by atoms with Gasteiger partial charge in [-0.05, 0) is 81.8 Å². The zero-order valence-corrected chi connectivity index (χ0v) is 16.5. The van der Waals surface area contributed by atoms with Gasteiger partial charge in [0.05, 0.1) is 6.10 Å². The number of likely N-dealkylation sites (tertiary alicyclic amines) is 1. The lowest BCUT2D eigenvalue weighted by molar-refractivity contribution is 0.0679. The molecule has 146 valence electrons. The molecular formula is C21H33ClN2O2. The van der Waals surface area contributed by atoms with Crippen LogP contribution in [0.25, 0.3) is 0 Å². The Balaban J connectivity index is 0.00000196. The van der Waals surface area contributed by atoms with E-state index in [2.05, 4.69) is 34.5 Å². The van der Waals surface area contributed by atoms with E-state index < -0.39 is 0 Å². The second-order valence-corrected chi connectivity index (χ2v) is 7.99. The lowest BCUT2D eigenvalue weighted by atomic mass is 10.0. The average molecular weight is 381 g/mol. The number of piperidine rings is 1. The summed E-state index contributed by atoms with van der Waals surface area (Å²) < 4.78 is 11.5. The number of benzene rings is 1. The van der Waals surface area contributed by atoms with Gasteiger partial charge in [0, 0.05) is 19.2 Å². The Labute approximate surface area is 164 Å². The molecule has 4 nitrogen and oxygen atoms in total. The van der Waals surface area contributed by atoms with E-state index in [0.29, 0.717) is 6.61 Å². The van der Waals surface area contributed by atoms with E-state index in [1.165, 1.54) is 57.3 Å². The quantitative estimate of drug-likeness (QED) is 0.746. The van der Waals surface area contributed by atoms with Crippen molar-refractivity contribution in [1.82, 2.24) is 10.2 Å². The van der Waals surface area contributed by atoms with E-state index in [1.807, 2.05) is 0 Å². The maximum atomic E-state index is 5.85. The molecule has 2 aliphatic heterocycles. The van der Waals surface area contributed by atoms with Gasteiger partial charge in [-0.25, -0.2) is 0 Å². The Morgan fingerprint density at radius 1 is 1.04 bits per heavy atom. The third-order valence-corrected chi connectivity index (χ3v) is 5.77. The maximum Gasteiger partial charge on any atom is 0.119 e. The first kappa shape index (κ1) is 19.9. The summed E-state index contributed by atoms with van der Waals surface area (Å²) in [5.74, 6) is 1.95. The van der Waals surface area contributed by atoms with Gasteiger partial charge in [0.25, 0.3) is 0 Å². The lowest BCUT2D eigenvalue weighted by Crippen LogP contribution is -2.42. The van der Waals surface area contributed by atoms with E-state index in [4.69, 9.17) is 9.47 Å². The molecule has 1 atom stereocenters. The molecule has 2 saturated heterocycles. The first-order valence-electron chi connectivity index (χ1n) is 10.1. The summed E-state index contributed by atoms with van der Waals surface area (Å²) in [6, 6.07) is 9.37. The molecule has 5 heteroatoms. The minimum Gasteiger partial charge on any atom is -0.491 e. The summed E-state index contributed by atoms with van der Waals surface area (Å²) in [6.45, 7) is 6.29. The van der Waals surface area contributed by atoms with Crippen LogP contribution in [-0.2, 0) is 11.3 Å². The Kier molecular flexibility index (Phi) is 7.62. The molecule has 0 bridgehead atoms. The zero-order chi connectivity index (χ0) is 16.9. The second kappa shape index (κ2) is 9.93. The van der Waals surface area contributed by atoms with Crippen LogP contribution in [0.4, 0.5) is 0 Å². The van der Waals surface area contributed by atoms with E-state index in [-0.39, 0.29) is 18.5 Å². The molecule has 0 radical (unpaired) electrons. The number of ether oxygens (including phenoxy) is 2. The lowest BCUT2D eigenvalue weighted by Gasteiger charge is -2.32. The number of hydrogen-bond donors (Lipinski definition) is 1. The number of nitrogens with zero attached hydrogens (tertiary/aromatic N) is 1. The van der Waals surface area contributed by atoms with E-state index in [0.717, 1.165) is 37.3 Å². The van der Waals surface area contributed by atoms with Crippen LogP contribution < -0.4 is 10.1 Å². The van der Waals surface area contributed by atoms with Gasteiger partial charge in [0.15, 0.2) is 0 Å². The first-order valence-corrected chi connectivity index (χ1v) is 10.1. The van der Waals surface area contributed by atoms with Crippen molar-refractivity contribution < 1.29 is 9.47 Å². The van der Waals surface area contributed by atoms with Crippen molar-refractivity contribution in [2.24, 2.45) is 5.92 Å². The van der Waals surface area contributed by atoms with Crippen LogP contribution in [0, 0.1) is 5.92 Å². The third kappa shape index (κ3) is 6.12. The van der Waals surface area contributed by atoms with Crippen molar-refractivity contribution in [2.75, 3.05) is 32.8 Å². The molecule has 3 fully saturated rings. The first-order chi connectivity index (χ1) is 12.3. The molecule has 0 spiro atoms. The van der Waals surface area contributed by atoms with Crippen LogP contribution >= 0.6 is 12.4 Å². The number of hydrogen-bond acceptors (Lipinski definition) is 4. The highest BCUT2D eigenvalue weighted by molar-refractivity contribution is 5.85. The van der Waals surface area contributed by atoms with Crippen LogP contribution in [0.5, 0.6) is 5.75 Å². The summed E-state index contributed by atoms with van der Waals surface area (Å²) in [7, 11) is 0. The largest absolute Gasteiger partial charge is 0.491 e. The summed E-state index contributed by atoms with van der Waals surface area (Å²) in [5.41, 5.74) is 1.38. The summed E-state index contributed by atoms with van der Waals surface area (Å²) in [6.07, 6.45) is 8.04. The SMILES string of the molecule is Cl.c1cc(OCC2CCCO2)ccc1CN1CCC(NCC2CC2)CC1. The van der Waals surface area contributed by atoms with Gasteiger partial charge in [0.1, 0.15) is 12.4 Å². The molecule has 4 rings (SSSR count). The molecule has 1 saturated carbocycles. The Morgan fingerprint density at radius 2 is 1.81 bits per heavy atom. The van der Waals surface area contributed by atoms with Crippen LogP contribution in [0.3, 0.4) is 0 Å². The number of nitrogens with one attached hydrogen (secondary N) is 1. The molecule has 1 unspecified atom stereocenters. The van der Waals surface area contributed by atoms with Crippen LogP contribution in [0.2, 0.25) is 0 Å². The molecule has 26 heavy (non-hydrogen) atoms. The molecule has 0 aromatic heterocycles. The third-order valence-electron chi connectivity index (χ3n) is 5.77.